The fourth-order valence-electron chi connectivity index (χ4n) is 1.96. The Hall–Kier alpha value is -1.24. The smallest absolute Gasteiger partial charge is 0.0491 e. The van der Waals surface area contributed by atoms with Crippen molar-refractivity contribution in [3.8, 4) is 0 Å². The van der Waals surface area contributed by atoms with Gasteiger partial charge in [-0.25, -0.2) is 0 Å². The lowest BCUT2D eigenvalue weighted by Crippen LogP contribution is -2.30. The minimum absolute atomic E-state index is 0.405. The molecule has 0 N–H and O–H groups in total. The topological polar surface area (TPSA) is 3.24 Å². The Morgan fingerprint density at radius 2 is 1.89 bits per heavy atom. The number of hydrogen-bond acceptors (Lipinski definition) is 1. The normalized spacial score (nSPS) is 15.0. The van der Waals surface area contributed by atoms with Gasteiger partial charge in [0.1, 0.15) is 0 Å². The highest BCUT2D eigenvalue weighted by atomic mass is 15.1. The zero-order chi connectivity index (χ0) is 14.1. The standard InChI is InChI=1S/C17H29N/c1-8-11-12-16(13-15(6)9-2)18(7)17(10-3)14(4)5/h9,11-13,17H,4,8,10H2,1-3,5-7H3. The molecule has 0 spiro atoms. The Morgan fingerprint density at radius 3 is 2.28 bits per heavy atom. The summed E-state index contributed by atoms with van der Waals surface area (Å²) in [6.45, 7) is 14.8. The molecule has 0 saturated heterocycles. The minimum Gasteiger partial charge on any atom is -0.368 e. The molecule has 1 atom stereocenters. The van der Waals surface area contributed by atoms with Crippen LogP contribution in [0.1, 0.15) is 47.5 Å². The third-order valence-corrected chi connectivity index (χ3v) is 3.19. The van der Waals surface area contributed by atoms with Crippen LogP contribution in [0.25, 0.3) is 0 Å². The monoisotopic (exact) mass is 247 g/mol. The van der Waals surface area contributed by atoms with E-state index in [1.165, 1.54) is 16.8 Å². The number of likely N-dealkylation sites (N-methyl/N-ethyl adjacent to an activating group) is 1. The average molecular weight is 247 g/mol. The maximum atomic E-state index is 4.10. The largest absolute Gasteiger partial charge is 0.368 e. The predicted molar refractivity (Wildman–Crippen MR) is 83.6 cm³/mol. The minimum atomic E-state index is 0.405. The first-order chi connectivity index (χ1) is 8.47. The molecule has 0 heterocycles. The molecule has 0 fully saturated rings. The lowest BCUT2D eigenvalue weighted by atomic mass is 10.0. The fraction of sp³-hybridized carbons (Fsp3) is 0.529. The molecule has 0 bridgehead atoms. The van der Waals surface area contributed by atoms with Gasteiger partial charge in [-0.15, -0.1) is 0 Å². The van der Waals surface area contributed by atoms with Crippen molar-refractivity contribution >= 4 is 0 Å². The molecule has 0 aliphatic heterocycles. The Morgan fingerprint density at radius 1 is 1.28 bits per heavy atom. The molecular weight excluding hydrogens is 218 g/mol. The van der Waals surface area contributed by atoms with Crippen molar-refractivity contribution in [2.75, 3.05) is 7.05 Å². The summed E-state index contributed by atoms with van der Waals surface area (Å²) in [5.41, 5.74) is 3.76. The summed E-state index contributed by atoms with van der Waals surface area (Å²) in [5.74, 6) is 0. The summed E-state index contributed by atoms with van der Waals surface area (Å²) in [5, 5.41) is 0. The van der Waals surface area contributed by atoms with Gasteiger partial charge in [0.25, 0.3) is 0 Å². The summed E-state index contributed by atoms with van der Waals surface area (Å²) in [4.78, 5) is 2.32. The van der Waals surface area contributed by atoms with Crippen molar-refractivity contribution < 1.29 is 0 Å². The van der Waals surface area contributed by atoms with E-state index in [9.17, 15) is 0 Å². The SMILES string of the molecule is C=C(C)C(CC)N(C)C(C=CCC)=CC(C)=CC. The highest BCUT2D eigenvalue weighted by Gasteiger charge is 2.14. The zero-order valence-corrected chi connectivity index (χ0v) is 13.0. The molecule has 0 aliphatic rings. The van der Waals surface area contributed by atoms with Crippen LogP contribution in [0.2, 0.25) is 0 Å². The van der Waals surface area contributed by atoms with E-state index < -0.39 is 0 Å². The molecule has 1 nitrogen and oxygen atoms in total. The molecule has 0 radical (unpaired) electrons. The Kier molecular flexibility index (Phi) is 8.19. The molecule has 1 heteroatoms. The van der Waals surface area contributed by atoms with Crippen molar-refractivity contribution in [3.05, 3.63) is 47.7 Å². The summed E-state index contributed by atoms with van der Waals surface area (Å²) < 4.78 is 0. The van der Waals surface area contributed by atoms with Crippen LogP contribution in [-0.4, -0.2) is 18.0 Å². The van der Waals surface area contributed by atoms with Crippen LogP contribution in [0.4, 0.5) is 0 Å². The van der Waals surface area contributed by atoms with Crippen LogP contribution >= 0.6 is 0 Å². The van der Waals surface area contributed by atoms with Crippen LogP contribution < -0.4 is 0 Å². The number of rotatable bonds is 7. The van der Waals surface area contributed by atoms with E-state index in [1.807, 2.05) is 0 Å². The summed E-state index contributed by atoms with van der Waals surface area (Å²) in [7, 11) is 2.15. The van der Waals surface area contributed by atoms with Crippen molar-refractivity contribution in [1.82, 2.24) is 4.90 Å². The van der Waals surface area contributed by atoms with Gasteiger partial charge in [-0.1, -0.05) is 43.7 Å². The van der Waals surface area contributed by atoms with Crippen LogP contribution in [0, 0.1) is 0 Å². The summed E-state index contributed by atoms with van der Waals surface area (Å²) in [6, 6.07) is 0.405. The predicted octanol–water partition coefficient (Wildman–Crippen LogP) is 5.09. The van der Waals surface area contributed by atoms with E-state index in [2.05, 4.69) is 77.4 Å². The maximum absolute atomic E-state index is 4.10. The lowest BCUT2D eigenvalue weighted by Gasteiger charge is -2.31. The van der Waals surface area contributed by atoms with E-state index in [4.69, 9.17) is 0 Å². The molecular formula is C17H29N. The van der Waals surface area contributed by atoms with Crippen molar-refractivity contribution in [2.45, 2.75) is 53.5 Å². The second-order valence-corrected chi connectivity index (χ2v) is 4.79. The fourth-order valence-corrected chi connectivity index (χ4v) is 1.96. The van der Waals surface area contributed by atoms with Crippen molar-refractivity contribution in [1.29, 1.82) is 0 Å². The molecule has 0 rings (SSSR count). The molecule has 0 aromatic heterocycles. The third kappa shape index (κ3) is 5.39. The highest BCUT2D eigenvalue weighted by molar-refractivity contribution is 5.29. The number of allylic oxidation sites excluding steroid dienone is 5. The second kappa shape index (κ2) is 8.79. The Labute approximate surface area is 114 Å². The van der Waals surface area contributed by atoms with E-state index >= 15 is 0 Å². The average Bonchev–Trinajstić information content (AvgIpc) is 2.34. The molecule has 1 unspecified atom stereocenters. The van der Waals surface area contributed by atoms with E-state index in [1.54, 1.807) is 0 Å². The molecule has 0 amide bonds. The molecule has 0 aromatic carbocycles. The van der Waals surface area contributed by atoms with Gasteiger partial charge in [-0.3, -0.25) is 0 Å². The van der Waals surface area contributed by atoms with Gasteiger partial charge in [-0.2, -0.15) is 0 Å². The van der Waals surface area contributed by atoms with Crippen LogP contribution in [0.5, 0.6) is 0 Å². The van der Waals surface area contributed by atoms with Gasteiger partial charge in [0.05, 0.1) is 0 Å². The lowest BCUT2D eigenvalue weighted by molar-refractivity contribution is 0.341. The number of nitrogens with zero attached hydrogens (tertiary/aromatic N) is 1. The zero-order valence-electron chi connectivity index (χ0n) is 13.0. The molecule has 18 heavy (non-hydrogen) atoms. The highest BCUT2D eigenvalue weighted by Crippen LogP contribution is 2.18. The van der Waals surface area contributed by atoms with Gasteiger partial charge < -0.3 is 4.90 Å². The third-order valence-electron chi connectivity index (χ3n) is 3.19. The van der Waals surface area contributed by atoms with Crippen molar-refractivity contribution in [3.63, 3.8) is 0 Å². The van der Waals surface area contributed by atoms with E-state index in [0.717, 1.165) is 12.8 Å². The molecule has 0 aromatic rings. The van der Waals surface area contributed by atoms with Crippen LogP contribution in [-0.2, 0) is 0 Å². The Balaban J connectivity index is 5.25. The van der Waals surface area contributed by atoms with Crippen molar-refractivity contribution in [2.24, 2.45) is 0 Å². The first kappa shape index (κ1) is 16.8. The number of hydrogen-bond donors (Lipinski definition) is 0. The molecule has 102 valence electrons. The molecule has 0 aliphatic carbocycles. The second-order valence-electron chi connectivity index (χ2n) is 4.79. The maximum Gasteiger partial charge on any atom is 0.0491 e. The summed E-state index contributed by atoms with van der Waals surface area (Å²) >= 11 is 0. The first-order valence-corrected chi connectivity index (χ1v) is 6.87. The molecule has 0 saturated carbocycles. The Bertz CT molecular complexity index is 345. The summed E-state index contributed by atoms with van der Waals surface area (Å²) in [6.07, 6.45) is 10.9. The van der Waals surface area contributed by atoms with Gasteiger partial charge in [-0.05, 0) is 45.8 Å². The van der Waals surface area contributed by atoms with E-state index in [0.29, 0.717) is 6.04 Å². The first-order valence-electron chi connectivity index (χ1n) is 6.87. The van der Waals surface area contributed by atoms with Gasteiger partial charge in [0.2, 0.25) is 0 Å². The van der Waals surface area contributed by atoms with Crippen LogP contribution in [0.3, 0.4) is 0 Å². The quantitative estimate of drug-likeness (QED) is 0.447. The van der Waals surface area contributed by atoms with Crippen LogP contribution in [0.15, 0.2) is 47.7 Å². The van der Waals surface area contributed by atoms with Gasteiger partial charge in [0.15, 0.2) is 0 Å². The van der Waals surface area contributed by atoms with Gasteiger partial charge >= 0.3 is 0 Å². The van der Waals surface area contributed by atoms with Gasteiger partial charge in [0, 0.05) is 18.8 Å². The van der Waals surface area contributed by atoms with E-state index in [-0.39, 0.29) is 0 Å².